The number of sulfone groups is 1. The summed E-state index contributed by atoms with van der Waals surface area (Å²) in [4.78, 5) is 12.0. The van der Waals surface area contributed by atoms with Gasteiger partial charge in [-0.25, -0.2) is 8.42 Å². The molecule has 0 aliphatic carbocycles. The van der Waals surface area contributed by atoms with Gasteiger partial charge in [0.15, 0.2) is 9.84 Å². The second-order valence-corrected chi connectivity index (χ2v) is 7.57. The highest BCUT2D eigenvalue weighted by Gasteiger charge is 2.34. The van der Waals surface area contributed by atoms with Crippen LogP contribution in [0.15, 0.2) is 28.7 Å². The lowest BCUT2D eigenvalue weighted by Crippen LogP contribution is -2.39. The Morgan fingerprint density at radius 1 is 1.33 bits per heavy atom. The Morgan fingerprint density at radius 3 is 2.78 bits per heavy atom. The van der Waals surface area contributed by atoms with Gasteiger partial charge in [-0.05, 0) is 31.0 Å². The maximum absolute atomic E-state index is 12.0. The number of rotatable bonds is 2. The fourth-order valence-corrected chi connectivity index (χ4v) is 4.24. The first-order chi connectivity index (χ1) is 8.49. The molecule has 1 N–H and O–H groups in total. The minimum atomic E-state index is -3.28. The lowest BCUT2D eigenvalue weighted by molar-refractivity contribution is -0.116. The molecule has 0 radical (unpaired) electrons. The molecule has 1 fully saturated rings. The molecule has 1 aliphatic rings. The Morgan fingerprint density at radius 2 is 2.11 bits per heavy atom. The normalized spacial score (nSPS) is 22.4. The molecule has 1 saturated heterocycles. The van der Waals surface area contributed by atoms with E-state index in [4.69, 9.17) is 0 Å². The van der Waals surface area contributed by atoms with E-state index in [1.807, 2.05) is 6.07 Å². The molecular weight excluding hydrogens is 318 g/mol. The van der Waals surface area contributed by atoms with E-state index in [0.717, 1.165) is 10.9 Å². The van der Waals surface area contributed by atoms with Gasteiger partial charge in [0.05, 0.1) is 5.75 Å². The third-order valence-electron chi connectivity index (χ3n) is 2.96. The predicted molar refractivity (Wildman–Crippen MR) is 74.2 cm³/mol. The number of nitrogens with one attached hydrogen (secondary N) is 1. The quantitative estimate of drug-likeness (QED) is 0.904. The number of carbonyl (C=O) groups excluding carboxylic acids is 1. The van der Waals surface area contributed by atoms with Crippen molar-refractivity contribution >= 4 is 37.4 Å². The molecule has 1 amide bonds. The molecular formula is C12H14BrNO3S. The minimum absolute atomic E-state index is 0.115. The van der Waals surface area contributed by atoms with Crippen LogP contribution in [0, 0.1) is 0 Å². The summed E-state index contributed by atoms with van der Waals surface area (Å²) in [5.74, 6) is -0.309. The molecule has 6 heteroatoms. The molecule has 1 aromatic rings. The van der Waals surface area contributed by atoms with Gasteiger partial charge in [0.25, 0.3) is 0 Å². The Labute approximate surface area is 115 Å². The van der Waals surface area contributed by atoms with Crippen LogP contribution in [-0.4, -0.2) is 25.3 Å². The first-order valence-corrected chi connectivity index (χ1v) is 8.28. The van der Waals surface area contributed by atoms with E-state index in [9.17, 15) is 13.2 Å². The minimum Gasteiger partial charge on any atom is -0.325 e. The molecule has 2 rings (SSSR count). The summed E-state index contributed by atoms with van der Waals surface area (Å²) in [6, 6.07) is 7.10. The number of amides is 1. The Bertz CT molecular complexity index is 556. The van der Waals surface area contributed by atoms with Crippen molar-refractivity contribution in [3.05, 3.63) is 28.7 Å². The van der Waals surface area contributed by atoms with E-state index in [2.05, 4.69) is 21.2 Å². The van der Waals surface area contributed by atoms with Crippen molar-refractivity contribution in [2.45, 2.75) is 24.5 Å². The van der Waals surface area contributed by atoms with Crippen LogP contribution in [0.4, 0.5) is 5.69 Å². The largest absolute Gasteiger partial charge is 0.325 e. The smallest absolute Gasteiger partial charge is 0.242 e. The highest BCUT2D eigenvalue weighted by molar-refractivity contribution is 9.10. The van der Waals surface area contributed by atoms with Crippen molar-refractivity contribution in [1.29, 1.82) is 0 Å². The molecule has 0 aromatic heterocycles. The van der Waals surface area contributed by atoms with Crippen LogP contribution in [-0.2, 0) is 14.6 Å². The SMILES string of the molecule is O=C(Nc1cccc(Br)c1)C1CCCCS1(=O)=O. The number of hydrogen-bond donors (Lipinski definition) is 1. The third kappa shape index (κ3) is 3.11. The van der Waals surface area contributed by atoms with Crippen LogP contribution in [0.2, 0.25) is 0 Å². The molecule has 98 valence electrons. The van der Waals surface area contributed by atoms with Crippen molar-refractivity contribution < 1.29 is 13.2 Å². The molecule has 1 unspecified atom stereocenters. The summed E-state index contributed by atoms with van der Waals surface area (Å²) in [6.07, 6.45) is 1.86. The van der Waals surface area contributed by atoms with Gasteiger partial charge in [-0.2, -0.15) is 0 Å². The average molecular weight is 332 g/mol. The van der Waals surface area contributed by atoms with Crippen molar-refractivity contribution in [2.75, 3.05) is 11.1 Å². The van der Waals surface area contributed by atoms with Gasteiger partial charge < -0.3 is 5.32 Å². The Balaban J connectivity index is 2.12. The average Bonchev–Trinajstić information content (AvgIpc) is 2.28. The van der Waals surface area contributed by atoms with Crippen LogP contribution >= 0.6 is 15.9 Å². The zero-order chi connectivity index (χ0) is 13.2. The Hall–Kier alpha value is -0.880. The van der Waals surface area contributed by atoms with Crippen LogP contribution in [0.25, 0.3) is 0 Å². The topological polar surface area (TPSA) is 63.2 Å². The molecule has 1 aliphatic heterocycles. The van der Waals surface area contributed by atoms with Crippen molar-refractivity contribution in [3.63, 3.8) is 0 Å². The number of halogens is 1. The summed E-state index contributed by atoms with van der Waals surface area (Å²) in [5.41, 5.74) is 0.607. The van der Waals surface area contributed by atoms with E-state index in [1.165, 1.54) is 0 Å². The molecule has 4 nitrogen and oxygen atoms in total. The number of hydrogen-bond acceptors (Lipinski definition) is 3. The summed E-state index contributed by atoms with van der Waals surface area (Å²) < 4.78 is 24.5. The monoisotopic (exact) mass is 331 g/mol. The first-order valence-electron chi connectivity index (χ1n) is 5.77. The fraction of sp³-hybridized carbons (Fsp3) is 0.417. The van der Waals surface area contributed by atoms with Crippen LogP contribution < -0.4 is 5.32 Å². The zero-order valence-corrected chi connectivity index (χ0v) is 12.1. The van der Waals surface area contributed by atoms with Crippen LogP contribution in [0.1, 0.15) is 19.3 Å². The van der Waals surface area contributed by atoms with E-state index in [-0.39, 0.29) is 5.75 Å². The highest BCUT2D eigenvalue weighted by Crippen LogP contribution is 2.22. The summed E-state index contributed by atoms with van der Waals surface area (Å²) >= 11 is 3.30. The van der Waals surface area contributed by atoms with Crippen LogP contribution in [0.5, 0.6) is 0 Å². The van der Waals surface area contributed by atoms with E-state index in [1.54, 1.807) is 18.2 Å². The molecule has 0 saturated carbocycles. The lowest BCUT2D eigenvalue weighted by atomic mass is 10.2. The van der Waals surface area contributed by atoms with Gasteiger partial charge in [0, 0.05) is 10.2 Å². The van der Waals surface area contributed by atoms with Gasteiger partial charge in [0.1, 0.15) is 5.25 Å². The van der Waals surface area contributed by atoms with Gasteiger partial charge in [-0.3, -0.25) is 4.79 Å². The summed E-state index contributed by atoms with van der Waals surface area (Å²) in [5, 5.41) is 1.76. The van der Waals surface area contributed by atoms with Crippen molar-refractivity contribution in [3.8, 4) is 0 Å². The van der Waals surface area contributed by atoms with Gasteiger partial charge in [0.2, 0.25) is 5.91 Å². The maximum Gasteiger partial charge on any atom is 0.242 e. The van der Waals surface area contributed by atoms with Gasteiger partial charge in [-0.15, -0.1) is 0 Å². The van der Waals surface area contributed by atoms with Crippen molar-refractivity contribution in [2.24, 2.45) is 0 Å². The van der Waals surface area contributed by atoms with Gasteiger partial charge in [-0.1, -0.05) is 28.4 Å². The lowest BCUT2D eigenvalue weighted by Gasteiger charge is -2.21. The second-order valence-electron chi connectivity index (χ2n) is 4.35. The highest BCUT2D eigenvalue weighted by atomic mass is 79.9. The number of anilines is 1. The molecule has 0 bridgehead atoms. The molecule has 1 aromatic carbocycles. The Kier molecular flexibility index (Phi) is 4.07. The molecule has 0 spiro atoms. The summed E-state index contributed by atoms with van der Waals surface area (Å²) in [7, 11) is -3.28. The summed E-state index contributed by atoms with van der Waals surface area (Å²) in [6.45, 7) is 0. The molecule has 1 atom stereocenters. The predicted octanol–water partition coefficient (Wildman–Crippen LogP) is 2.35. The van der Waals surface area contributed by atoms with E-state index >= 15 is 0 Å². The van der Waals surface area contributed by atoms with E-state index < -0.39 is 21.0 Å². The standard InChI is InChI=1S/C12H14BrNO3S/c13-9-4-3-5-10(8-9)14-12(15)11-6-1-2-7-18(11,16)17/h3-5,8,11H,1-2,6-7H2,(H,14,15). The number of benzene rings is 1. The third-order valence-corrected chi connectivity index (χ3v) is 5.63. The first kappa shape index (κ1) is 13.5. The molecule has 1 heterocycles. The number of carbonyl (C=O) groups is 1. The molecule has 18 heavy (non-hydrogen) atoms. The van der Waals surface area contributed by atoms with E-state index in [0.29, 0.717) is 18.5 Å². The fourth-order valence-electron chi connectivity index (χ4n) is 2.04. The second kappa shape index (κ2) is 5.40. The zero-order valence-electron chi connectivity index (χ0n) is 9.73. The van der Waals surface area contributed by atoms with Gasteiger partial charge >= 0.3 is 0 Å². The maximum atomic E-state index is 12.0. The van der Waals surface area contributed by atoms with Crippen LogP contribution in [0.3, 0.4) is 0 Å². The van der Waals surface area contributed by atoms with Crippen molar-refractivity contribution in [1.82, 2.24) is 0 Å².